The van der Waals surface area contributed by atoms with Gasteiger partial charge in [0.25, 0.3) is 0 Å². The molecule has 0 spiro atoms. The summed E-state index contributed by atoms with van der Waals surface area (Å²) in [5.41, 5.74) is 0.937. The average Bonchev–Trinajstić information content (AvgIpc) is 2.79. The van der Waals surface area contributed by atoms with Gasteiger partial charge in [-0.2, -0.15) is 0 Å². The van der Waals surface area contributed by atoms with Gasteiger partial charge in [0.2, 0.25) is 0 Å². The van der Waals surface area contributed by atoms with Crippen LogP contribution in [0.25, 0.3) is 0 Å². The molecule has 0 amide bonds. The molecule has 4 unspecified atom stereocenters. The van der Waals surface area contributed by atoms with Crippen molar-refractivity contribution in [2.45, 2.75) is 32.0 Å². The van der Waals surface area contributed by atoms with Crippen LogP contribution in [0.1, 0.15) is 13.3 Å². The molecule has 1 saturated heterocycles. The van der Waals surface area contributed by atoms with Crippen LogP contribution in [-0.4, -0.2) is 39.0 Å². The van der Waals surface area contributed by atoms with E-state index >= 15 is 0 Å². The Kier molecular flexibility index (Phi) is 3.71. The van der Waals surface area contributed by atoms with Crippen LogP contribution >= 0.6 is 0 Å². The number of piperazine rings is 1. The van der Waals surface area contributed by atoms with Crippen LogP contribution in [0, 0.1) is 17.8 Å². The Balaban J connectivity index is 1.80. The van der Waals surface area contributed by atoms with Crippen molar-refractivity contribution in [3.05, 3.63) is 24.3 Å². The van der Waals surface area contributed by atoms with Crippen LogP contribution in [0.3, 0.4) is 0 Å². The number of nitrogens with one attached hydrogen (secondary N) is 1. The Labute approximate surface area is 119 Å². The van der Waals surface area contributed by atoms with Crippen molar-refractivity contribution in [3.8, 4) is 0 Å². The van der Waals surface area contributed by atoms with E-state index in [9.17, 15) is 0 Å². The van der Waals surface area contributed by atoms with Gasteiger partial charge < -0.3 is 9.88 Å². The highest BCUT2D eigenvalue weighted by Gasteiger charge is 2.49. The summed E-state index contributed by atoms with van der Waals surface area (Å²) in [6.07, 6.45) is 11.0. The quantitative estimate of drug-likeness (QED) is 0.780. The molecule has 1 heterocycles. The first-order chi connectivity index (χ1) is 9.10. The van der Waals surface area contributed by atoms with Gasteiger partial charge >= 0.3 is 0 Å². The van der Waals surface area contributed by atoms with Gasteiger partial charge in [0.15, 0.2) is 0 Å². The van der Waals surface area contributed by atoms with Crippen LogP contribution in [-0.2, 0) is 0 Å². The van der Waals surface area contributed by atoms with E-state index in [4.69, 9.17) is 0 Å². The Morgan fingerprint density at radius 2 is 1.68 bits per heavy atom. The van der Waals surface area contributed by atoms with Crippen molar-refractivity contribution in [3.63, 3.8) is 0 Å². The van der Waals surface area contributed by atoms with E-state index < -0.39 is 8.24 Å². The average molecular weight is 276 g/mol. The molecular formula is C16H28N2Si. The molecule has 1 aliphatic heterocycles. The zero-order valence-corrected chi connectivity index (χ0v) is 13.6. The maximum Gasteiger partial charge on any atom is 0.126 e. The van der Waals surface area contributed by atoms with Crippen LogP contribution < -0.4 is 5.32 Å². The van der Waals surface area contributed by atoms with Crippen molar-refractivity contribution in [2.24, 2.45) is 17.8 Å². The maximum atomic E-state index is 3.50. The van der Waals surface area contributed by atoms with Gasteiger partial charge in [-0.05, 0) is 29.7 Å². The van der Waals surface area contributed by atoms with Crippen LogP contribution in [0.4, 0.5) is 0 Å². The molecule has 3 aliphatic rings. The van der Waals surface area contributed by atoms with E-state index in [2.05, 4.69) is 54.2 Å². The molecule has 1 N–H and O–H groups in total. The summed E-state index contributed by atoms with van der Waals surface area (Å²) in [5.74, 6) is 2.49. The molecule has 106 valence electrons. The zero-order chi connectivity index (χ0) is 13.5. The molecule has 0 aromatic carbocycles. The molecule has 2 fully saturated rings. The second-order valence-electron chi connectivity index (χ2n) is 7.13. The minimum absolute atomic E-state index is 0.810. The first kappa shape index (κ1) is 13.6. The fourth-order valence-corrected chi connectivity index (χ4v) is 8.63. The molecule has 19 heavy (non-hydrogen) atoms. The van der Waals surface area contributed by atoms with Crippen LogP contribution in [0.2, 0.25) is 18.6 Å². The highest BCUT2D eigenvalue weighted by atomic mass is 28.3. The summed E-state index contributed by atoms with van der Waals surface area (Å²) < 4.78 is 2.86. The maximum absolute atomic E-state index is 3.50. The zero-order valence-electron chi connectivity index (χ0n) is 12.6. The summed E-state index contributed by atoms with van der Waals surface area (Å²) in [6.45, 7) is 12.6. The van der Waals surface area contributed by atoms with Gasteiger partial charge in [-0.15, -0.1) is 0 Å². The van der Waals surface area contributed by atoms with Gasteiger partial charge in [0, 0.05) is 26.2 Å². The number of allylic oxidation sites excluding steroid dienone is 4. The van der Waals surface area contributed by atoms with Crippen molar-refractivity contribution in [1.29, 1.82) is 0 Å². The lowest BCUT2D eigenvalue weighted by molar-refractivity contribution is 0.346. The predicted octanol–water partition coefficient (Wildman–Crippen LogP) is 2.87. The van der Waals surface area contributed by atoms with Gasteiger partial charge in [0.05, 0.1) is 0 Å². The minimum atomic E-state index is -1.31. The Morgan fingerprint density at radius 3 is 2.37 bits per heavy atom. The number of fused-ring (bicyclic) bond motifs is 1. The molecule has 4 atom stereocenters. The fraction of sp³-hybridized carbons (Fsp3) is 0.750. The second kappa shape index (κ2) is 5.19. The summed E-state index contributed by atoms with van der Waals surface area (Å²) in [6, 6.07) is 0. The third kappa shape index (κ3) is 2.37. The number of nitrogens with zero attached hydrogens (tertiary/aromatic N) is 1. The van der Waals surface area contributed by atoms with Crippen molar-refractivity contribution >= 4 is 8.24 Å². The molecule has 1 saturated carbocycles. The van der Waals surface area contributed by atoms with Crippen LogP contribution in [0.15, 0.2) is 24.3 Å². The summed E-state index contributed by atoms with van der Waals surface area (Å²) in [7, 11) is -1.31. The lowest BCUT2D eigenvalue weighted by Crippen LogP contribution is -2.59. The number of hydrogen-bond acceptors (Lipinski definition) is 2. The first-order valence-corrected chi connectivity index (χ1v) is 10.9. The highest BCUT2D eigenvalue weighted by molar-refractivity contribution is 6.76. The van der Waals surface area contributed by atoms with E-state index in [1.54, 1.807) is 0 Å². The van der Waals surface area contributed by atoms with Gasteiger partial charge in [-0.1, -0.05) is 44.3 Å². The van der Waals surface area contributed by atoms with Crippen molar-refractivity contribution in [2.75, 3.05) is 26.2 Å². The molecule has 3 rings (SSSR count). The van der Waals surface area contributed by atoms with E-state index in [-0.39, 0.29) is 0 Å². The summed E-state index contributed by atoms with van der Waals surface area (Å²) in [5, 5.41) is 3.50. The van der Waals surface area contributed by atoms with E-state index in [0.29, 0.717) is 0 Å². The normalized spacial score (nSPS) is 39.5. The number of hydrogen-bond donors (Lipinski definition) is 1. The molecule has 3 heteroatoms. The topological polar surface area (TPSA) is 15.3 Å². The van der Waals surface area contributed by atoms with Crippen molar-refractivity contribution < 1.29 is 0 Å². The Hall–Kier alpha value is -0.383. The highest BCUT2D eigenvalue weighted by Crippen LogP contribution is 2.52. The largest absolute Gasteiger partial charge is 0.321 e. The predicted molar refractivity (Wildman–Crippen MR) is 84.7 cm³/mol. The molecule has 2 aliphatic carbocycles. The van der Waals surface area contributed by atoms with E-state index in [1.807, 2.05) is 0 Å². The van der Waals surface area contributed by atoms with Gasteiger partial charge in [0.1, 0.15) is 8.24 Å². The Bertz CT molecular complexity index is 382. The molecule has 0 aromatic rings. The standard InChI is InChI=1S/C16H28N2Si/c1-13-12-16(15-7-5-4-6-14(13)15)19(2,3)18-10-8-17-9-11-18/h4-7,13-17H,8-12H2,1-3H3. The fourth-order valence-electron chi connectivity index (χ4n) is 4.56. The third-order valence-corrected chi connectivity index (χ3v) is 10.3. The Morgan fingerprint density at radius 1 is 1.05 bits per heavy atom. The van der Waals surface area contributed by atoms with Gasteiger partial charge in [-0.25, -0.2) is 0 Å². The monoisotopic (exact) mass is 276 g/mol. The molecule has 0 bridgehead atoms. The minimum Gasteiger partial charge on any atom is -0.321 e. The lowest BCUT2D eigenvalue weighted by atomic mass is 9.87. The smallest absolute Gasteiger partial charge is 0.126 e. The number of rotatable bonds is 2. The lowest BCUT2D eigenvalue weighted by Gasteiger charge is -2.45. The molecule has 0 radical (unpaired) electrons. The van der Waals surface area contributed by atoms with Crippen molar-refractivity contribution in [1.82, 2.24) is 9.88 Å². The molecule has 0 aromatic heterocycles. The van der Waals surface area contributed by atoms with E-state index in [1.165, 1.54) is 32.6 Å². The molecule has 2 nitrogen and oxygen atoms in total. The molecular weight excluding hydrogens is 248 g/mol. The summed E-state index contributed by atoms with van der Waals surface area (Å²) in [4.78, 5) is 0. The third-order valence-electron chi connectivity index (χ3n) is 5.81. The summed E-state index contributed by atoms with van der Waals surface area (Å²) >= 11 is 0. The first-order valence-electron chi connectivity index (χ1n) is 7.91. The SMILES string of the molecule is CC1CC([Si](C)(C)N2CCNCC2)C2C=CC=CC12. The van der Waals surface area contributed by atoms with Gasteiger partial charge in [-0.3, -0.25) is 0 Å². The van der Waals surface area contributed by atoms with Crippen LogP contribution in [0.5, 0.6) is 0 Å². The van der Waals surface area contributed by atoms with E-state index in [0.717, 1.165) is 23.3 Å². The second-order valence-corrected chi connectivity index (χ2v) is 11.8.